The highest BCUT2D eigenvalue weighted by molar-refractivity contribution is 7.09. The maximum atomic E-state index is 12.8. The van der Waals surface area contributed by atoms with Crippen molar-refractivity contribution in [3.05, 3.63) is 46.2 Å². The van der Waals surface area contributed by atoms with Gasteiger partial charge in [0, 0.05) is 18.5 Å². The lowest BCUT2D eigenvalue weighted by molar-refractivity contribution is 0.0660. The molecule has 0 spiro atoms. The van der Waals surface area contributed by atoms with Crippen molar-refractivity contribution >= 4 is 17.2 Å². The van der Waals surface area contributed by atoms with Crippen LogP contribution in [0.25, 0.3) is 0 Å². The van der Waals surface area contributed by atoms with Crippen molar-refractivity contribution in [3.8, 4) is 5.75 Å². The van der Waals surface area contributed by atoms with Crippen LogP contribution >= 0.6 is 11.3 Å². The minimum atomic E-state index is -0.312. The number of benzene rings is 1. The van der Waals surface area contributed by atoms with Crippen LogP contribution in [0.5, 0.6) is 5.75 Å². The molecule has 7 heteroatoms. The number of ether oxygens (including phenoxy) is 2. The van der Waals surface area contributed by atoms with Gasteiger partial charge in [0.15, 0.2) is 0 Å². The van der Waals surface area contributed by atoms with Gasteiger partial charge >= 0.3 is 0 Å². The van der Waals surface area contributed by atoms with E-state index in [4.69, 9.17) is 9.47 Å². The molecule has 0 aliphatic rings. The van der Waals surface area contributed by atoms with Crippen LogP contribution in [0.15, 0.2) is 29.8 Å². The summed E-state index contributed by atoms with van der Waals surface area (Å²) >= 11 is 1.44. The summed E-state index contributed by atoms with van der Waals surface area (Å²) in [5.41, 5.74) is 2.12. The Morgan fingerprint density at radius 3 is 2.57 bits per heavy atom. The Morgan fingerprint density at radius 1 is 1.26 bits per heavy atom. The van der Waals surface area contributed by atoms with Gasteiger partial charge in [-0.1, -0.05) is 0 Å². The quantitative estimate of drug-likeness (QED) is 0.743. The van der Waals surface area contributed by atoms with Crippen LogP contribution in [-0.4, -0.2) is 49.2 Å². The van der Waals surface area contributed by atoms with Gasteiger partial charge in [-0.15, -0.1) is 11.3 Å². The molecule has 2 aromatic rings. The number of hydrogen-bond acceptors (Lipinski definition) is 5. The molecule has 1 heterocycles. The van der Waals surface area contributed by atoms with Crippen LogP contribution < -0.4 is 4.74 Å². The van der Waals surface area contributed by atoms with Gasteiger partial charge in [-0.3, -0.25) is 4.79 Å². The van der Waals surface area contributed by atoms with Crippen molar-refractivity contribution in [2.75, 3.05) is 33.4 Å². The highest BCUT2D eigenvalue weighted by Gasteiger charge is 2.19. The Labute approximate surface area is 138 Å². The van der Waals surface area contributed by atoms with E-state index in [9.17, 15) is 9.18 Å². The summed E-state index contributed by atoms with van der Waals surface area (Å²) in [5, 5.41) is 0. The van der Waals surface area contributed by atoms with Crippen LogP contribution in [0.4, 0.5) is 4.39 Å². The fourth-order valence-electron chi connectivity index (χ4n) is 1.98. The minimum Gasteiger partial charge on any atom is -0.492 e. The van der Waals surface area contributed by atoms with E-state index in [0.29, 0.717) is 37.7 Å². The minimum absolute atomic E-state index is 0.136. The van der Waals surface area contributed by atoms with Crippen molar-refractivity contribution in [2.45, 2.75) is 6.92 Å². The molecule has 1 aromatic carbocycles. The Bertz CT molecular complexity index is 631. The van der Waals surface area contributed by atoms with Gasteiger partial charge < -0.3 is 14.4 Å². The van der Waals surface area contributed by atoms with E-state index < -0.39 is 0 Å². The van der Waals surface area contributed by atoms with Gasteiger partial charge in [0.25, 0.3) is 5.91 Å². The van der Waals surface area contributed by atoms with E-state index in [-0.39, 0.29) is 11.7 Å². The molecule has 2 rings (SSSR count). The summed E-state index contributed by atoms with van der Waals surface area (Å²) in [6.07, 6.45) is 0. The molecule has 23 heavy (non-hydrogen) atoms. The summed E-state index contributed by atoms with van der Waals surface area (Å²) in [6, 6.07) is 5.78. The second-order valence-corrected chi connectivity index (χ2v) is 5.90. The Kier molecular flexibility index (Phi) is 6.49. The number of methoxy groups -OCH3 is 1. The smallest absolute Gasteiger partial charge is 0.273 e. The van der Waals surface area contributed by atoms with Crippen molar-refractivity contribution in [1.82, 2.24) is 9.88 Å². The van der Waals surface area contributed by atoms with Crippen LogP contribution in [0.1, 0.15) is 15.4 Å². The average molecular weight is 338 g/mol. The third-order valence-electron chi connectivity index (χ3n) is 3.24. The molecular formula is C16H19FN2O3S. The fraction of sp³-hybridized carbons (Fsp3) is 0.375. The molecule has 0 N–H and O–H groups in total. The number of rotatable bonds is 8. The van der Waals surface area contributed by atoms with E-state index in [1.807, 2.05) is 6.92 Å². The monoisotopic (exact) mass is 338 g/mol. The number of nitrogens with zero attached hydrogens (tertiary/aromatic N) is 2. The van der Waals surface area contributed by atoms with Gasteiger partial charge in [-0.25, -0.2) is 9.37 Å². The van der Waals surface area contributed by atoms with E-state index in [0.717, 1.165) is 4.88 Å². The first kappa shape index (κ1) is 17.4. The number of carbonyl (C=O) groups excluding carboxylic acids is 1. The predicted molar refractivity (Wildman–Crippen MR) is 86.5 cm³/mol. The van der Waals surface area contributed by atoms with Crippen LogP contribution in [0.2, 0.25) is 0 Å². The predicted octanol–water partition coefficient (Wildman–Crippen LogP) is 2.76. The SMILES string of the molecule is COCCN(CCOc1ccc(F)cc1)C(=O)c1ncsc1C. The molecule has 0 saturated heterocycles. The largest absolute Gasteiger partial charge is 0.492 e. The zero-order valence-electron chi connectivity index (χ0n) is 13.1. The van der Waals surface area contributed by atoms with E-state index in [2.05, 4.69) is 4.98 Å². The molecule has 0 unspecified atom stereocenters. The Hall–Kier alpha value is -1.99. The molecule has 0 aliphatic heterocycles. The average Bonchev–Trinajstić information content (AvgIpc) is 2.98. The molecule has 5 nitrogen and oxygen atoms in total. The number of halogens is 1. The molecule has 0 aliphatic carbocycles. The Morgan fingerprint density at radius 2 is 1.96 bits per heavy atom. The van der Waals surface area contributed by atoms with E-state index >= 15 is 0 Å². The number of hydrogen-bond donors (Lipinski definition) is 0. The van der Waals surface area contributed by atoms with E-state index in [1.165, 1.54) is 23.5 Å². The molecule has 1 aromatic heterocycles. The maximum Gasteiger partial charge on any atom is 0.273 e. The fourth-order valence-corrected chi connectivity index (χ4v) is 2.55. The Balaban J connectivity index is 1.94. The molecule has 124 valence electrons. The van der Waals surface area contributed by atoms with Gasteiger partial charge in [0.05, 0.1) is 18.7 Å². The maximum absolute atomic E-state index is 12.8. The zero-order chi connectivity index (χ0) is 16.7. The van der Waals surface area contributed by atoms with Gasteiger partial charge in [0.2, 0.25) is 0 Å². The van der Waals surface area contributed by atoms with Crippen LogP contribution in [0.3, 0.4) is 0 Å². The van der Waals surface area contributed by atoms with Gasteiger partial charge in [-0.2, -0.15) is 0 Å². The number of thiazole rings is 1. The second-order valence-electron chi connectivity index (χ2n) is 4.84. The molecule has 0 saturated carbocycles. The molecule has 1 amide bonds. The van der Waals surface area contributed by atoms with Crippen LogP contribution in [-0.2, 0) is 4.74 Å². The highest BCUT2D eigenvalue weighted by Crippen LogP contribution is 2.14. The first-order valence-corrected chi connectivity index (χ1v) is 8.06. The molecular weight excluding hydrogens is 319 g/mol. The molecule has 0 atom stereocenters. The normalized spacial score (nSPS) is 10.6. The second kappa shape index (κ2) is 8.59. The summed E-state index contributed by atoms with van der Waals surface area (Å²) in [7, 11) is 1.59. The first-order valence-electron chi connectivity index (χ1n) is 7.18. The summed E-state index contributed by atoms with van der Waals surface area (Å²) in [5.74, 6) is 0.118. The summed E-state index contributed by atoms with van der Waals surface area (Å²) < 4.78 is 23.5. The van der Waals surface area contributed by atoms with Gasteiger partial charge in [0.1, 0.15) is 23.9 Å². The summed E-state index contributed by atoms with van der Waals surface area (Å²) in [4.78, 5) is 19.2. The third kappa shape index (κ3) is 5.01. The lowest BCUT2D eigenvalue weighted by Crippen LogP contribution is -2.37. The van der Waals surface area contributed by atoms with Crippen molar-refractivity contribution in [2.24, 2.45) is 0 Å². The zero-order valence-corrected chi connectivity index (χ0v) is 13.9. The standard InChI is InChI=1S/C16H19FN2O3S/c1-12-15(18-11-23-12)16(20)19(7-9-21-2)8-10-22-14-5-3-13(17)4-6-14/h3-6,11H,7-10H2,1-2H3. The molecule has 0 fully saturated rings. The van der Waals surface area contributed by atoms with Crippen molar-refractivity contribution in [1.29, 1.82) is 0 Å². The number of aryl methyl sites for hydroxylation is 1. The van der Waals surface area contributed by atoms with Crippen LogP contribution in [0, 0.1) is 12.7 Å². The third-order valence-corrected chi connectivity index (χ3v) is 4.00. The number of carbonyl (C=O) groups is 1. The number of aromatic nitrogens is 1. The van der Waals surface area contributed by atoms with Gasteiger partial charge in [-0.05, 0) is 31.2 Å². The molecule has 0 bridgehead atoms. The number of amides is 1. The summed E-state index contributed by atoms with van der Waals surface area (Å²) in [6.45, 7) is 3.47. The topological polar surface area (TPSA) is 51.7 Å². The lowest BCUT2D eigenvalue weighted by atomic mass is 10.3. The van der Waals surface area contributed by atoms with E-state index in [1.54, 1.807) is 29.7 Å². The molecule has 0 radical (unpaired) electrons. The van der Waals surface area contributed by atoms with Crippen molar-refractivity contribution in [3.63, 3.8) is 0 Å². The van der Waals surface area contributed by atoms with Crippen molar-refractivity contribution < 1.29 is 18.7 Å². The first-order chi connectivity index (χ1) is 11.1. The highest BCUT2D eigenvalue weighted by atomic mass is 32.1. The lowest BCUT2D eigenvalue weighted by Gasteiger charge is -2.22.